The van der Waals surface area contributed by atoms with Crippen LogP contribution in [0.15, 0.2) is 89.1 Å². The molecule has 0 unspecified atom stereocenters. The van der Waals surface area contributed by atoms with Crippen LogP contribution in [0.1, 0.15) is 17.0 Å². The Kier molecular flexibility index (Phi) is 8.31. The summed E-state index contributed by atoms with van der Waals surface area (Å²) in [6.07, 6.45) is 1.65. The fourth-order valence-corrected chi connectivity index (χ4v) is 4.28. The maximum Gasteiger partial charge on any atom is 0.250 e. The molecule has 0 saturated heterocycles. The molecular formula is C25H23IN6OS. The van der Waals surface area contributed by atoms with Crippen LogP contribution in [-0.2, 0) is 11.3 Å². The molecule has 0 aliphatic rings. The Balaban J connectivity index is 1.43. The summed E-state index contributed by atoms with van der Waals surface area (Å²) in [7, 11) is 0. The highest BCUT2D eigenvalue weighted by molar-refractivity contribution is 14.1. The number of para-hydroxylation sites is 1. The Labute approximate surface area is 216 Å². The van der Waals surface area contributed by atoms with Gasteiger partial charge in [0, 0.05) is 14.9 Å². The molecule has 0 atom stereocenters. The van der Waals surface area contributed by atoms with Crippen LogP contribution in [0.5, 0.6) is 0 Å². The number of carbonyl (C=O) groups is 1. The number of nitrogens with zero attached hydrogens (tertiary/aromatic N) is 4. The minimum absolute atomic E-state index is 0.167. The van der Waals surface area contributed by atoms with Gasteiger partial charge in [0.2, 0.25) is 0 Å². The zero-order valence-electron chi connectivity index (χ0n) is 18.5. The van der Waals surface area contributed by atoms with Gasteiger partial charge < -0.3 is 5.32 Å². The SMILES string of the molecule is Cc1ccccc1C=NNC(=O)CSc1nnc(CNc2ccc(I)cc2)n1-c1ccccc1. The van der Waals surface area contributed by atoms with E-state index in [1.165, 1.54) is 15.3 Å². The monoisotopic (exact) mass is 582 g/mol. The van der Waals surface area contributed by atoms with Crippen LogP contribution in [-0.4, -0.2) is 32.6 Å². The number of hydrogen-bond donors (Lipinski definition) is 2. The highest BCUT2D eigenvalue weighted by Crippen LogP contribution is 2.23. The molecule has 1 aromatic heterocycles. The van der Waals surface area contributed by atoms with Gasteiger partial charge in [0.05, 0.1) is 18.5 Å². The van der Waals surface area contributed by atoms with Gasteiger partial charge in [-0.3, -0.25) is 9.36 Å². The summed E-state index contributed by atoms with van der Waals surface area (Å²) in [4.78, 5) is 12.4. The number of benzene rings is 3. The topological polar surface area (TPSA) is 84.2 Å². The number of aromatic nitrogens is 3. The molecule has 172 valence electrons. The molecule has 0 spiro atoms. The molecule has 0 fully saturated rings. The van der Waals surface area contributed by atoms with E-state index in [0.717, 1.165) is 28.3 Å². The van der Waals surface area contributed by atoms with E-state index < -0.39 is 0 Å². The third-order valence-corrected chi connectivity index (χ3v) is 6.57. The first-order chi connectivity index (χ1) is 16.6. The number of thioether (sulfide) groups is 1. The van der Waals surface area contributed by atoms with Crippen LogP contribution in [0, 0.1) is 10.5 Å². The normalized spacial score (nSPS) is 11.0. The van der Waals surface area contributed by atoms with Crippen molar-refractivity contribution < 1.29 is 4.79 Å². The van der Waals surface area contributed by atoms with Crippen molar-refractivity contribution in [1.82, 2.24) is 20.2 Å². The highest BCUT2D eigenvalue weighted by Gasteiger charge is 2.15. The lowest BCUT2D eigenvalue weighted by Gasteiger charge is -2.11. The van der Waals surface area contributed by atoms with Gasteiger partial charge in [0.15, 0.2) is 11.0 Å². The molecule has 0 bridgehead atoms. The lowest BCUT2D eigenvalue weighted by Crippen LogP contribution is -2.20. The molecule has 4 aromatic rings. The average Bonchev–Trinajstić information content (AvgIpc) is 3.27. The second kappa shape index (κ2) is 11.8. The van der Waals surface area contributed by atoms with Crippen molar-refractivity contribution in [3.8, 4) is 5.69 Å². The summed E-state index contributed by atoms with van der Waals surface area (Å²) in [5, 5.41) is 16.8. The third-order valence-electron chi connectivity index (χ3n) is 4.92. The van der Waals surface area contributed by atoms with Gasteiger partial charge in [-0.25, -0.2) is 5.43 Å². The molecule has 3 aromatic carbocycles. The van der Waals surface area contributed by atoms with Gasteiger partial charge >= 0.3 is 0 Å². The van der Waals surface area contributed by atoms with Crippen LogP contribution < -0.4 is 10.7 Å². The van der Waals surface area contributed by atoms with Crippen molar-refractivity contribution in [2.24, 2.45) is 5.10 Å². The maximum absolute atomic E-state index is 12.4. The van der Waals surface area contributed by atoms with Gasteiger partial charge in [0.25, 0.3) is 5.91 Å². The summed E-state index contributed by atoms with van der Waals surface area (Å²) in [5.41, 5.74) is 6.58. The molecule has 9 heteroatoms. The first-order valence-electron chi connectivity index (χ1n) is 10.6. The molecule has 7 nitrogen and oxygen atoms in total. The van der Waals surface area contributed by atoms with Gasteiger partial charge in [-0.15, -0.1) is 10.2 Å². The predicted molar refractivity (Wildman–Crippen MR) is 145 cm³/mol. The standard InChI is InChI=1S/C25H23IN6OS/c1-18-7-5-6-8-19(18)15-28-30-24(33)17-34-25-31-29-23(32(25)22-9-3-2-4-10-22)16-27-21-13-11-20(26)12-14-21/h2-15,27H,16-17H2,1H3,(H,30,33). The van der Waals surface area contributed by atoms with Crippen molar-refractivity contribution in [3.63, 3.8) is 0 Å². The fourth-order valence-electron chi connectivity index (χ4n) is 3.16. The number of hydrazone groups is 1. The molecule has 0 saturated carbocycles. The lowest BCUT2D eigenvalue weighted by atomic mass is 10.1. The molecular weight excluding hydrogens is 559 g/mol. The number of anilines is 1. The number of carbonyl (C=O) groups excluding carboxylic acids is 1. The van der Waals surface area contributed by atoms with Gasteiger partial charge in [-0.05, 0) is 77.0 Å². The zero-order chi connectivity index (χ0) is 23.8. The van der Waals surface area contributed by atoms with E-state index >= 15 is 0 Å². The minimum atomic E-state index is -0.212. The lowest BCUT2D eigenvalue weighted by molar-refractivity contribution is -0.118. The van der Waals surface area contributed by atoms with Gasteiger partial charge in [-0.2, -0.15) is 5.10 Å². The molecule has 0 aliphatic carbocycles. The molecule has 1 heterocycles. The maximum atomic E-state index is 12.4. The summed E-state index contributed by atoms with van der Waals surface area (Å²) in [5.74, 6) is 0.710. The Bertz CT molecular complexity index is 1270. The summed E-state index contributed by atoms with van der Waals surface area (Å²) < 4.78 is 3.14. The summed E-state index contributed by atoms with van der Waals surface area (Å²) in [6.45, 7) is 2.50. The van der Waals surface area contributed by atoms with Crippen LogP contribution >= 0.6 is 34.4 Å². The number of amides is 1. The molecule has 1 amide bonds. The van der Waals surface area contributed by atoms with E-state index in [-0.39, 0.29) is 11.7 Å². The predicted octanol–water partition coefficient (Wildman–Crippen LogP) is 5.03. The van der Waals surface area contributed by atoms with Gasteiger partial charge in [0.1, 0.15) is 0 Å². The largest absolute Gasteiger partial charge is 0.378 e. The Morgan fingerprint density at radius 3 is 2.53 bits per heavy atom. The Morgan fingerprint density at radius 2 is 1.76 bits per heavy atom. The first kappa shape index (κ1) is 24.0. The van der Waals surface area contributed by atoms with Crippen LogP contribution in [0.2, 0.25) is 0 Å². The van der Waals surface area contributed by atoms with E-state index in [4.69, 9.17) is 0 Å². The first-order valence-corrected chi connectivity index (χ1v) is 12.7. The van der Waals surface area contributed by atoms with Crippen molar-refractivity contribution in [1.29, 1.82) is 0 Å². The molecule has 4 rings (SSSR count). The molecule has 0 aliphatic heterocycles. The quantitative estimate of drug-likeness (QED) is 0.125. The smallest absolute Gasteiger partial charge is 0.250 e. The Morgan fingerprint density at radius 1 is 1.03 bits per heavy atom. The highest BCUT2D eigenvalue weighted by atomic mass is 127. The van der Waals surface area contributed by atoms with E-state index in [9.17, 15) is 4.79 Å². The van der Waals surface area contributed by atoms with Crippen molar-refractivity contribution in [3.05, 3.63) is 99.4 Å². The fraction of sp³-hybridized carbons (Fsp3) is 0.120. The van der Waals surface area contributed by atoms with E-state index in [1.807, 2.05) is 90.4 Å². The second-order valence-electron chi connectivity index (χ2n) is 7.37. The number of aryl methyl sites for hydroxylation is 1. The number of hydrogen-bond acceptors (Lipinski definition) is 6. The summed E-state index contributed by atoms with van der Waals surface area (Å²) >= 11 is 3.60. The van der Waals surface area contributed by atoms with Gasteiger partial charge in [-0.1, -0.05) is 54.2 Å². The Hall–Kier alpha value is -3.18. The minimum Gasteiger partial charge on any atom is -0.378 e. The zero-order valence-corrected chi connectivity index (χ0v) is 21.5. The van der Waals surface area contributed by atoms with Crippen molar-refractivity contribution >= 4 is 52.2 Å². The van der Waals surface area contributed by atoms with Crippen molar-refractivity contribution in [2.75, 3.05) is 11.1 Å². The molecule has 2 N–H and O–H groups in total. The summed E-state index contributed by atoms with van der Waals surface area (Å²) in [6, 6.07) is 25.9. The average molecular weight is 582 g/mol. The van der Waals surface area contributed by atoms with Crippen molar-refractivity contribution in [2.45, 2.75) is 18.6 Å². The van der Waals surface area contributed by atoms with E-state index in [0.29, 0.717) is 11.7 Å². The van der Waals surface area contributed by atoms with Crippen LogP contribution in [0.3, 0.4) is 0 Å². The molecule has 34 heavy (non-hydrogen) atoms. The number of halogens is 1. The number of rotatable bonds is 9. The van der Waals surface area contributed by atoms with Crippen LogP contribution in [0.25, 0.3) is 5.69 Å². The second-order valence-corrected chi connectivity index (χ2v) is 9.56. The van der Waals surface area contributed by atoms with E-state index in [2.05, 4.69) is 48.6 Å². The third kappa shape index (κ3) is 6.45. The molecule has 0 radical (unpaired) electrons. The van der Waals surface area contributed by atoms with E-state index in [1.54, 1.807) is 6.21 Å². The number of nitrogens with one attached hydrogen (secondary N) is 2. The van der Waals surface area contributed by atoms with Crippen LogP contribution in [0.4, 0.5) is 5.69 Å².